The Morgan fingerprint density at radius 1 is 1.21 bits per heavy atom. The van der Waals surface area contributed by atoms with Crippen LogP contribution in [0, 0.1) is 11.3 Å². The summed E-state index contributed by atoms with van der Waals surface area (Å²) in [6.07, 6.45) is 5.00. The molecule has 0 aliphatic carbocycles. The number of hydrogen-bond acceptors (Lipinski definition) is 4. The lowest BCUT2D eigenvalue weighted by molar-refractivity contribution is 1.16. The van der Waals surface area contributed by atoms with Gasteiger partial charge in [0.1, 0.15) is 6.07 Å². The van der Waals surface area contributed by atoms with E-state index in [2.05, 4.69) is 9.97 Å². The molecule has 0 aliphatic rings. The van der Waals surface area contributed by atoms with Crippen LogP contribution in [0.25, 0.3) is 12.2 Å². The van der Waals surface area contributed by atoms with E-state index in [1.165, 1.54) is 6.20 Å². The van der Waals surface area contributed by atoms with Crippen molar-refractivity contribution in [3.63, 3.8) is 0 Å². The maximum Gasteiger partial charge on any atom is 0.183 e. The highest BCUT2D eigenvalue weighted by molar-refractivity contribution is 6.42. The Hall–Kier alpha value is -2.09. The molecule has 2 rings (SSSR count). The van der Waals surface area contributed by atoms with Crippen molar-refractivity contribution in [1.29, 1.82) is 5.26 Å². The van der Waals surface area contributed by atoms with Crippen molar-refractivity contribution in [2.45, 2.75) is 0 Å². The molecule has 1 aromatic heterocycles. The Labute approximate surface area is 120 Å². The SMILES string of the molecule is N#Cc1nc(/C=C/c2ccc(Cl)c(Cl)c2)cnc1N. The summed E-state index contributed by atoms with van der Waals surface area (Å²) >= 11 is 11.7. The van der Waals surface area contributed by atoms with Crippen LogP contribution >= 0.6 is 23.2 Å². The number of nitriles is 1. The van der Waals surface area contributed by atoms with Crippen LogP contribution in [0.2, 0.25) is 10.0 Å². The van der Waals surface area contributed by atoms with Crippen LogP contribution in [0.5, 0.6) is 0 Å². The zero-order valence-electron chi connectivity index (χ0n) is 9.64. The lowest BCUT2D eigenvalue weighted by Crippen LogP contribution is -1.98. The molecule has 0 amide bonds. The van der Waals surface area contributed by atoms with E-state index >= 15 is 0 Å². The molecular weight excluding hydrogens is 283 g/mol. The first-order valence-corrected chi connectivity index (χ1v) is 6.01. The summed E-state index contributed by atoms with van der Waals surface area (Å²) in [5, 5.41) is 9.78. The number of hydrogen-bond donors (Lipinski definition) is 1. The predicted molar refractivity (Wildman–Crippen MR) is 76.5 cm³/mol. The maximum absolute atomic E-state index is 8.81. The van der Waals surface area contributed by atoms with Crippen molar-refractivity contribution in [2.24, 2.45) is 0 Å². The monoisotopic (exact) mass is 290 g/mol. The van der Waals surface area contributed by atoms with Crippen molar-refractivity contribution in [2.75, 3.05) is 5.73 Å². The van der Waals surface area contributed by atoms with Crippen LogP contribution in [-0.4, -0.2) is 9.97 Å². The number of rotatable bonds is 2. The molecule has 19 heavy (non-hydrogen) atoms. The van der Waals surface area contributed by atoms with Crippen LogP contribution in [-0.2, 0) is 0 Å². The van der Waals surface area contributed by atoms with E-state index in [0.29, 0.717) is 15.7 Å². The second-order valence-corrected chi connectivity index (χ2v) is 4.46. The zero-order chi connectivity index (χ0) is 13.8. The van der Waals surface area contributed by atoms with Crippen molar-refractivity contribution >= 4 is 41.2 Å². The number of aromatic nitrogens is 2. The van der Waals surface area contributed by atoms with Gasteiger partial charge in [0.05, 0.1) is 21.9 Å². The summed E-state index contributed by atoms with van der Waals surface area (Å²) < 4.78 is 0. The molecule has 0 saturated carbocycles. The Morgan fingerprint density at radius 2 is 2.00 bits per heavy atom. The van der Waals surface area contributed by atoms with E-state index in [4.69, 9.17) is 34.2 Å². The van der Waals surface area contributed by atoms with Crippen molar-refractivity contribution in [3.8, 4) is 6.07 Å². The first kappa shape index (κ1) is 13.3. The van der Waals surface area contributed by atoms with E-state index in [-0.39, 0.29) is 11.5 Å². The van der Waals surface area contributed by atoms with Gasteiger partial charge >= 0.3 is 0 Å². The van der Waals surface area contributed by atoms with Crippen LogP contribution in [0.4, 0.5) is 5.82 Å². The molecule has 1 aromatic carbocycles. The summed E-state index contributed by atoms with van der Waals surface area (Å²) in [6.45, 7) is 0. The third-order valence-electron chi connectivity index (χ3n) is 2.32. The molecule has 0 radical (unpaired) electrons. The van der Waals surface area contributed by atoms with Gasteiger partial charge in [-0.1, -0.05) is 35.3 Å². The van der Waals surface area contributed by atoms with Crippen molar-refractivity contribution in [1.82, 2.24) is 9.97 Å². The predicted octanol–water partition coefficient (Wildman–Crippen LogP) is 3.41. The molecule has 2 N–H and O–H groups in total. The van der Waals surface area contributed by atoms with Crippen LogP contribution < -0.4 is 5.73 Å². The third-order valence-corrected chi connectivity index (χ3v) is 3.05. The van der Waals surface area contributed by atoms with E-state index in [1.54, 1.807) is 24.3 Å². The number of nitrogens with two attached hydrogens (primary N) is 1. The van der Waals surface area contributed by atoms with Crippen LogP contribution in [0.3, 0.4) is 0 Å². The highest BCUT2D eigenvalue weighted by Crippen LogP contribution is 2.23. The first-order chi connectivity index (χ1) is 9.10. The van der Waals surface area contributed by atoms with Gasteiger partial charge in [-0.2, -0.15) is 5.26 Å². The Bertz CT molecular complexity index is 690. The average molecular weight is 291 g/mol. The molecule has 4 nitrogen and oxygen atoms in total. The normalized spacial score (nSPS) is 10.6. The Kier molecular flexibility index (Phi) is 4.00. The molecule has 0 spiro atoms. The van der Waals surface area contributed by atoms with Gasteiger partial charge in [-0.15, -0.1) is 0 Å². The van der Waals surface area contributed by atoms with Gasteiger partial charge in [0.15, 0.2) is 11.5 Å². The Morgan fingerprint density at radius 3 is 2.68 bits per heavy atom. The first-order valence-electron chi connectivity index (χ1n) is 5.26. The molecule has 0 saturated heterocycles. The summed E-state index contributed by atoms with van der Waals surface area (Å²) in [5.74, 6) is 0.120. The molecular formula is C13H8Cl2N4. The molecule has 0 unspecified atom stereocenters. The molecule has 0 atom stereocenters. The highest BCUT2D eigenvalue weighted by Gasteiger charge is 2.01. The number of halogens is 2. The highest BCUT2D eigenvalue weighted by atomic mass is 35.5. The van der Waals surface area contributed by atoms with E-state index in [9.17, 15) is 0 Å². The standard InChI is InChI=1S/C13H8Cl2N4/c14-10-4-2-8(5-11(10)15)1-3-9-7-18-13(17)12(6-16)19-9/h1-5,7H,(H2,17,18)/b3-1+. The second-order valence-electron chi connectivity index (χ2n) is 3.65. The van der Waals surface area contributed by atoms with E-state index < -0.39 is 0 Å². The molecule has 94 valence electrons. The largest absolute Gasteiger partial charge is 0.381 e. The molecule has 6 heteroatoms. The quantitative estimate of drug-likeness (QED) is 0.920. The molecule has 0 fully saturated rings. The molecule has 0 aliphatic heterocycles. The van der Waals surface area contributed by atoms with Gasteiger partial charge < -0.3 is 5.73 Å². The zero-order valence-corrected chi connectivity index (χ0v) is 11.2. The fraction of sp³-hybridized carbons (Fsp3) is 0. The fourth-order valence-corrected chi connectivity index (χ4v) is 1.68. The number of benzene rings is 1. The lowest BCUT2D eigenvalue weighted by atomic mass is 10.2. The maximum atomic E-state index is 8.81. The number of nitrogen functional groups attached to an aromatic ring is 1. The minimum Gasteiger partial charge on any atom is -0.381 e. The van der Waals surface area contributed by atoms with Gasteiger partial charge in [-0.3, -0.25) is 0 Å². The van der Waals surface area contributed by atoms with Gasteiger partial charge in [-0.05, 0) is 23.8 Å². The minimum absolute atomic E-state index is 0.108. The van der Waals surface area contributed by atoms with Gasteiger partial charge in [-0.25, -0.2) is 9.97 Å². The average Bonchev–Trinajstić information content (AvgIpc) is 2.41. The third kappa shape index (κ3) is 3.22. The second kappa shape index (κ2) is 5.70. The topological polar surface area (TPSA) is 75.6 Å². The molecule has 2 aromatic rings. The molecule has 0 bridgehead atoms. The van der Waals surface area contributed by atoms with Crippen LogP contribution in [0.1, 0.15) is 17.0 Å². The summed E-state index contributed by atoms with van der Waals surface area (Å²) in [6, 6.07) is 7.14. The Balaban J connectivity index is 2.27. The minimum atomic E-state index is 0.108. The van der Waals surface area contributed by atoms with Gasteiger partial charge in [0, 0.05) is 0 Å². The smallest absolute Gasteiger partial charge is 0.183 e. The van der Waals surface area contributed by atoms with Crippen molar-refractivity contribution < 1.29 is 0 Å². The van der Waals surface area contributed by atoms with E-state index in [0.717, 1.165) is 5.56 Å². The summed E-state index contributed by atoms with van der Waals surface area (Å²) in [7, 11) is 0. The van der Waals surface area contributed by atoms with Crippen molar-refractivity contribution in [3.05, 3.63) is 51.4 Å². The summed E-state index contributed by atoms with van der Waals surface area (Å²) in [5.41, 5.74) is 7.00. The number of anilines is 1. The summed E-state index contributed by atoms with van der Waals surface area (Å²) in [4.78, 5) is 7.94. The lowest BCUT2D eigenvalue weighted by Gasteiger charge is -1.99. The van der Waals surface area contributed by atoms with Gasteiger partial charge in [0.25, 0.3) is 0 Å². The fourth-order valence-electron chi connectivity index (χ4n) is 1.37. The van der Waals surface area contributed by atoms with Crippen LogP contribution in [0.15, 0.2) is 24.4 Å². The van der Waals surface area contributed by atoms with Gasteiger partial charge in [0.2, 0.25) is 0 Å². The van der Waals surface area contributed by atoms with E-state index in [1.807, 2.05) is 12.1 Å². The molecule has 1 heterocycles. The number of nitrogens with zero attached hydrogens (tertiary/aromatic N) is 3.